The summed E-state index contributed by atoms with van der Waals surface area (Å²) >= 11 is 1.57. The molecule has 1 atom stereocenters. The van der Waals surface area contributed by atoms with Crippen LogP contribution >= 0.6 is 11.3 Å². The van der Waals surface area contributed by atoms with E-state index in [0.717, 1.165) is 29.0 Å². The largest absolute Gasteiger partial charge is 0.393 e. The maximum atomic E-state index is 9.25. The Labute approximate surface area is 110 Å². The van der Waals surface area contributed by atoms with Gasteiger partial charge < -0.3 is 10.8 Å². The normalized spacial score (nSPS) is 13.3. The van der Waals surface area contributed by atoms with E-state index in [1.165, 1.54) is 0 Å². The van der Waals surface area contributed by atoms with Crippen molar-refractivity contribution < 1.29 is 5.11 Å². The van der Waals surface area contributed by atoms with Gasteiger partial charge in [-0.3, -0.25) is 4.90 Å². The topological polar surface area (TPSA) is 75.3 Å². The fourth-order valence-corrected chi connectivity index (χ4v) is 2.51. The number of nitrogens with zero attached hydrogens (tertiary/aromatic N) is 3. The molecule has 0 amide bonds. The molecule has 18 heavy (non-hydrogen) atoms. The van der Waals surface area contributed by atoms with Gasteiger partial charge in [0, 0.05) is 6.54 Å². The smallest absolute Gasteiger partial charge is 0.146 e. The second-order valence-corrected chi connectivity index (χ2v) is 5.43. The molecular formula is C12H18N4OS. The first-order valence-electron chi connectivity index (χ1n) is 5.92. The van der Waals surface area contributed by atoms with Crippen molar-refractivity contribution in [1.82, 2.24) is 14.9 Å². The molecule has 2 aromatic rings. The zero-order chi connectivity index (χ0) is 13.1. The summed E-state index contributed by atoms with van der Waals surface area (Å²) in [5.41, 5.74) is 5.90. The van der Waals surface area contributed by atoms with Crippen molar-refractivity contribution in [3.05, 3.63) is 17.3 Å². The number of nitrogen functional groups attached to an aromatic ring is 1. The molecule has 0 radical (unpaired) electrons. The van der Waals surface area contributed by atoms with E-state index in [4.69, 9.17) is 5.73 Å². The van der Waals surface area contributed by atoms with Crippen molar-refractivity contribution in [3.8, 4) is 0 Å². The lowest BCUT2D eigenvalue weighted by molar-refractivity contribution is 0.162. The van der Waals surface area contributed by atoms with Crippen molar-refractivity contribution in [2.45, 2.75) is 26.0 Å². The van der Waals surface area contributed by atoms with Crippen molar-refractivity contribution in [2.75, 3.05) is 19.3 Å². The number of hydrogen-bond donors (Lipinski definition) is 2. The molecule has 0 bridgehead atoms. The van der Waals surface area contributed by atoms with Crippen molar-refractivity contribution in [1.29, 1.82) is 0 Å². The van der Waals surface area contributed by atoms with E-state index in [-0.39, 0.29) is 6.10 Å². The second kappa shape index (κ2) is 5.60. The number of aromatic nitrogens is 2. The number of anilines is 1. The van der Waals surface area contributed by atoms with Crippen LogP contribution in [0.1, 0.15) is 19.2 Å². The predicted molar refractivity (Wildman–Crippen MR) is 74.5 cm³/mol. The van der Waals surface area contributed by atoms with E-state index in [2.05, 4.69) is 14.9 Å². The SMILES string of the molecule is CC(O)CCN(C)Cc1nc(N)c2ccsc2n1. The van der Waals surface area contributed by atoms with Crippen LogP contribution < -0.4 is 5.73 Å². The van der Waals surface area contributed by atoms with Crippen LogP contribution in [-0.2, 0) is 6.54 Å². The Morgan fingerprint density at radius 1 is 1.50 bits per heavy atom. The molecule has 6 heteroatoms. The van der Waals surface area contributed by atoms with Gasteiger partial charge in [0.15, 0.2) is 0 Å². The number of fused-ring (bicyclic) bond motifs is 1. The van der Waals surface area contributed by atoms with Gasteiger partial charge in [-0.2, -0.15) is 0 Å². The summed E-state index contributed by atoms with van der Waals surface area (Å²) in [5.74, 6) is 1.27. The first-order valence-corrected chi connectivity index (χ1v) is 6.80. The third-order valence-electron chi connectivity index (χ3n) is 2.74. The molecule has 0 aromatic carbocycles. The summed E-state index contributed by atoms with van der Waals surface area (Å²) < 4.78 is 0. The van der Waals surface area contributed by atoms with Gasteiger partial charge in [-0.25, -0.2) is 9.97 Å². The molecule has 98 valence electrons. The zero-order valence-electron chi connectivity index (χ0n) is 10.6. The van der Waals surface area contributed by atoms with E-state index in [0.29, 0.717) is 12.4 Å². The van der Waals surface area contributed by atoms with Crippen molar-refractivity contribution in [3.63, 3.8) is 0 Å². The Hall–Kier alpha value is -1.24. The maximum absolute atomic E-state index is 9.25. The summed E-state index contributed by atoms with van der Waals surface area (Å²) in [6, 6.07) is 1.94. The van der Waals surface area contributed by atoms with Gasteiger partial charge in [0.2, 0.25) is 0 Å². The summed E-state index contributed by atoms with van der Waals surface area (Å²) in [6.45, 7) is 3.24. The Kier molecular flexibility index (Phi) is 4.11. The Balaban J connectivity index is 2.07. The minimum absolute atomic E-state index is 0.279. The molecule has 0 saturated heterocycles. The molecule has 0 aliphatic rings. The lowest BCUT2D eigenvalue weighted by Crippen LogP contribution is -2.23. The number of rotatable bonds is 5. The Morgan fingerprint density at radius 2 is 2.28 bits per heavy atom. The number of aliphatic hydroxyl groups excluding tert-OH is 1. The first kappa shape index (κ1) is 13.2. The summed E-state index contributed by atoms with van der Waals surface area (Å²) in [7, 11) is 1.99. The fourth-order valence-electron chi connectivity index (χ4n) is 1.72. The monoisotopic (exact) mass is 266 g/mol. The highest BCUT2D eigenvalue weighted by Gasteiger charge is 2.09. The zero-order valence-corrected chi connectivity index (χ0v) is 11.4. The average molecular weight is 266 g/mol. The average Bonchev–Trinajstić information content (AvgIpc) is 2.75. The maximum Gasteiger partial charge on any atom is 0.146 e. The van der Waals surface area contributed by atoms with Gasteiger partial charge >= 0.3 is 0 Å². The molecular weight excluding hydrogens is 248 g/mol. The summed E-state index contributed by atoms with van der Waals surface area (Å²) in [6.07, 6.45) is 0.464. The molecule has 0 spiro atoms. The van der Waals surface area contributed by atoms with Gasteiger partial charge in [0.25, 0.3) is 0 Å². The third-order valence-corrected chi connectivity index (χ3v) is 3.55. The standard InChI is InChI=1S/C12H18N4OS/c1-8(17)3-5-16(2)7-10-14-11(13)9-4-6-18-12(9)15-10/h4,6,8,17H,3,5,7H2,1-2H3,(H2,13,14,15). The van der Waals surface area contributed by atoms with Crippen LogP contribution in [0.5, 0.6) is 0 Å². The van der Waals surface area contributed by atoms with E-state index < -0.39 is 0 Å². The molecule has 5 nitrogen and oxygen atoms in total. The molecule has 3 N–H and O–H groups in total. The van der Waals surface area contributed by atoms with Crippen LogP contribution in [-0.4, -0.2) is 39.7 Å². The molecule has 0 saturated carbocycles. The van der Waals surface area contributed by atoms with Crippen LogP contribution in [0.3, 0.4) is 0 Å². The van der Waals surface area contributed by atoms with Crippen LogP contribution in [0.4, 0.5) is 5.82 Å². The van der Waals surface area contributed by atoms with E-state index in [1.807, 2.05) is 18.5 Å². The second-order valence-electron chi connectivity index (χ2n) is 4.54. The minimum atomic E-state index is -0.279. The van der Waals surface area contributed by atoms with Crippen LogP contribution in [0.25, 0.3) is 10.2 Å². The van der Waals surface area contributed by atoms with Gasteiger partial charge in [0.05, 0.1) is 18.0 Å². The van der Waals surface area contributed by atoms with Crippen molar-refractivity contribution >= 4 is 27.4 Å². The number of aliphatic hydroxyl groups is 1. The van der Waals surface area contributed by atoms with Gasteiger partial charge in [-0.1, -0.05) is 0 Å². The lowest BCUT2D eigenvalue weighted by atomic mass is 10.3. The quantitative estimate of drug-likeness (QED) is 0.857. The highest BCUT2D eigenvalue weighted by atomic mass is 32.1. The molecule has 2 aromatic heterocycles. The Bertz CT molecular complexity index is 526. The molecule has 1 unspecified atom stereocenters. The Morgan fingerprint density at radius 3 is 3.00 bits per heavy atom. The predicted octanol–water partition coefficient (Wildman–Crippen LogP) is 1.48. The fraction of sp³-hybridized carbons (Fsp3) is 0.500. The van der Waals surface area contributed by atoms with Gasteiger partial charge in [0.1, 0.15) is 16.5 Å². The molecule has 0 aliphatic heterocycles. The summed E-state index contributed by atoms with van der Waals surface area (Å²) in [4.78, 5) is 11.8. The van der Waals surface area contributed by atoms with Crippen LogP contribution in [0.2, 0.25) is 0 Å². The van der Waals surface area contributed by atoms with Crippen molar-refractivity contribution in [2.24, 2.45) is 0 Å². The summed E-state index contributed by atoms with van der Waals surface area (Å²) in [5, 5.41) is 12.1. The van der Waals surface area contributed by atoms with Crippen LogP contribution in [0, 0.1) is 0 Å². The molecule has 0 aliphatic carbocycles. The van der Waals surface area contributed by atoms with E-state index in [1.54, 1.807) is 18.3 Å². The highest BCUT2D eigenvalue weighted by molar-refractivity contribution is 7.16. The molecule has 2 heterocycles. The minimum Gasteiger partial charge on any atom is -0.393 e. The van der Waals surface area contributed by atoms with E-state index in [9.17, 15) is 5.11 Å². The van der Waals surface area contributed by atoms with Crippen LogP contribution in [0.15, 0.2) is 11.4 Å². The first-order chi connectivity index (χ1) is 8.56. The third kappa shape index (κ3) is 3.16. The van der Waals surface area contributed by atoms with E-state index >= 15 is 0 Å². The molecule has 0 fully saturated rings. The van der Waals surface area contributed by atoms with Gasteiger partial charge in [-0.15, -0.1) is 11.3 Å². The number of thiophene rings is 1. The molecule has 2 rings (SSSR count). The number of hydrogen-bond acceptors (Lipinski definition) is 6. The lowest BCUT2D eigenvalue weighted by Gasteiger charge is -2.16. The van der Waals surface area contributed by atoms with Gasteiger partial charge in [-0.05, 0) is 31.8 Å². The highest BCUT2D eigenvalue weighted by Crippen LogP contribution is 2.23. The number of nitrogens with two attached hydrogens (primary N) is 1.